The molecule has 4 heteroatoms. The van der Waals surface area contributed by atoms with Crippen molar-refractivity contribution in [2.75, 3.05) is 6.54 Å². The monoisotopic (exact) mass is 304 g/mol. The summed E-state index contributed by atoms with van der Waals surface area (Å²) >= 11 is 0. The first-order valence-electron chi connectivity index (χ1n) is 8.34. The summed E-state index contributed by atoms with van der Waals surface area (Å²) in [4.78, 5) is 16.8. The summed E-state index contributed by atoms with van der Waals surface area (Å²) in [6, 6.07) is 5.76. The van der Waals surface area contributed by atoms with Crippen LogP contribution in [-0.2, 0) is 11.2 Å². The molecule has 0 bridgehead atoms. The van der Waals surface area contributed by atoms with Crippen LogP contribution < -0.4 is 5.32 Å². The van der Waals surface area contributed by atoms with Crippen LogP contribution in [-0.4, -0.2) is 28.1 Å². The highest BCUT2D eigenvalue weighted by molar-refractivity contribution is 5.85. The fourth-order valence-corrected chi connectivity index (χ4v) is 3.64. The van der Waals surface area contributed by atoms with E-state index in [4.69, 9.17) is 0 Å². The van der Waals surface area contributed by atoms with Crippen molar-refractivity contribution >= 4 is 5.91 Å². The third-order valence-corrected chi connectivity index (χ3v) is 4.83. The maximum Gasteiger partial charge on any atom is 0.252 e. The number of aliphatic hydroxyl groups is 1. The minimum Gasteiger partial charge on any atom is -0.380 e. The van der Waals surface area contributed by atoms with E-state index in [0.29, 0.717) is 31.2 Å². The fourth-order valence-electron chi connectivity index (χ4n) is 3.64. The molecule has 0 aliphatic heterocycles. The zero-order valence-electron chi connectivity index (χ0n) is 13.9. The number of rotatable bonds is 5. The summed E-state index contributed by atoms with van der Waals surface area (Å²) in [5.41, 5.74) is -0.275. The number of nitrogens with one attached hydrogen (secondary N) is 1. The van der Waals surface area contributed by atoms with E-state index in [0.717, 1.165) is 18.5 Å². The van der Waals surface area contributed by atoms with Gasteiger partial charge in [0, 0.05) is 24.9 Å². The number of hydrogen-bond donors (Lipinski definition) is 2. The van der Waals surface area contributed by atoms with Crippen LogP contribution >= 0.6 is 0 Å². The van der Waals surface area contributed by atoms with Crippen molar-refractivity contribution in [3.05, 3.63) is 30.1 Å². The minimum atomic E-state index is -1.23. The standard InChI is InChI=1S/C18H28N2O2/c1-13(2)16-8-7-14(3)12-18(16,22)17(21)20-11-9-15-6-4-5-10-19-15/h4-6,10,13-14,16,22H,7-9,11-12H2,1-3H3,(H,20,21)/t14-,16+,18+/m1/s1. The van der Waals surface area contributed by atoms with E-state index >= 15 is 0 Å². The molecule has 1 aliphatic carbocycles. The van der Waals surface area contributed by atoms with Crippen LogP contribution in [0, 0.1) is 17.8 Å². The van der Waals surface area contributed by atoms with Gasteiger partial charge in [-0.2, -0.15) is 0 Å². The van der Waals surface area contributed by atoms with Crippen LogP contribution in [0.4, 0.5) is 0 Å². The van der Waals surface area contributed by atoms with E-state index in [-0.39, 0.29) is 11.8 Å². The fraction of sp³-hybridized carbons (Fsp3) is 0.667. The van der Waals surface area contributed by atoms with Gasteiger partial charge in [-0.25, -0.2) is 0 Å². The van der Waals surface area contributed by atoms with Crippen LogP contribution in [0.2, 0.25) is 0 Å². The highest BCUT2D eigenvalue weighted by Gasteiger charge is 2.48. The Morgan fingerprint density at radius 1 is 1.45 bits per heavy atom. The zero-order valence-corrected chi connectivity index (χ0v) is 13.9. The van der Waals surface area contributed by atoms with E-state index in [1.165, 1.54) is 0 Å². The predicted octanol–water partition coefficient (Wildman–Crippen LogP) is 2.56. The van der Waals surface area contributed by atoms with Gasteiger partial charge in [0.25, 0.3) is 5.91 Å². The van der Waals surface area contributed by atoms with Crippen molar-refractivity contribution in [2.24, 2.45) is 17.8 Å². The molecule has 0 spiro atoms. The van der Waals surface area contributed by atoms with Gasteiger partial charge in [0.05, 0.1) is 0 Å². The first kappa shape index (κ1) is 16.9. The van der Waals surface area contributed by atoms with Gasteiger partial charge >= 0.3 is 0 Å². The summed E-state index contributed by atoms with van der Waals surface area (Å²) in [5.74, 6) is 0.521. The molecule has 2 rings (SSSR count). The highest BCUT2D eigenvalue weighted by atomic mass is 16.3. The number of amides is 1. The third kappa shape index (κ3) is 3.86. The number of carbonyl (C=O) groups is 1. The van der Waals surface area contributed by atoms with E-state index in [9.17, 15) is 9.90 Å². The van der Waals surface area contributed by atoms with E-state index in [1.54, 1.807) is 6.20 Å². The molecule has 1 fully saturated rings. The Labute approximate surface area is 133 Å². The summed E-state index contributed by atoms with van der Waals surface area (Å²) < 4.78 is 0. The molecule has 1 aromatic rings. The number of hydrogen-bond acceptors (Lipinski definition) is 3. The molecule has 0 aromatic carbocycles. The van der Waals surface area contributed by atoms with Crippen LogP contribution in [0.5, 0.6) is 0 Å². The molecule has 122 valence electrons. The molecular weight excluding hydrogens is 276 g/mol. The molecule has 3 atom stereocenters. The van der Waals surface area contributed by atoms with Gasteiger partial charge in [0.1, 0.15) is 5.60 Å². The Balaban J connectivity index is 1.96. The number of nitrogens with zero attached hydrogens (tertiary/aromatic N) is 1. The van der Waals surface area contributed by atoms with E-state index in [1.807, 2.05) is 18.2 Å². The molecule has 4 nitrogen and oxygen atoms in total. The van der Waals surface area contributed by atoms with Gasteiger partial charge in [-0.15, -0.1) is 0 Å². The maximum atomic E-state index is 12.6. The van der Waals surface area contributed by atoms with Crippen molar-refractivity contribution < 1.29 is 9.90 Å². The summed E-state index contributed by atoms with van der Waals surface area (Å²) in [6.07, 6.45) is 5.01. The van der Waals surface area contributed by atoms with Gasteiger partial charge in [-0.3, -0.25) is 9.78 Å². The van der Waals surface area contributed by atoms with Crippen molar-refractivity contribution in [1.29, 1.82) is 0 Å². The lowest BCUT2D eigenvalue weighted by Crippen LogP contribution is -2.56. The SMILES string of the molecule is CC(C)[C@@H]1CC[C@@H](C)C[C@@]1(O)C(=O)NCCc1ccccn1. The van der Waals surface area contributed by atoms with E-state index < -0.39 is 5.60 Å². The molecule has 1 saturated carbocycles. The summed E-state index contributed by atoms with van der Waals surface area (Å²) in [7, 11) is 0. The maximum absolute atomic E-state index is 12.6. The van der Waals surface area contributed by atoms with Crippen LogP contribution in [0.25, 0.3) is 0 Å². The third-order valence-electron chi connectivity index (χ3n) is 4.83. The Bertz CT molecular complexity index is 489. The Hall–Kier alpha value is -1.42. The summed E-state index contributed by atoms with van der Waals surface area (Å²) in [5, 5.41) is 13.9. The van der Waals surface area contributed by atoms with Crippen LogP contribution in [0.1, 0.15) is 45.7 Å². The second kappa shape index (κ2) is 7.23. The summed E-state index contributed by atoms with van der Waals surface area (Å²) in [6.45, 7) is 6.81. The molecule has 1 amide bonds. The minimum absolute atomic E-state index is 0.0403. The van der Waals surface area contributed by atoms with E-state index in [2.05, 4.69) is 31.1 Å². The van der Waals surface area contributed by atoms with Gasteiger partial charge in [-0.1, -0.05) is 33.3 Å². The zero-order chi connectivity index (χ0) is 16.2. The molecule has 22 heavy (non-hydrogen) atoms. The quantitative estimate of drug-likeness (QED) is 0.879. The van der Waals surface area contributed by atoms with Gasteiger partial charge in [0.2, 0.25) is 0 Å². The lowest BCUT2D eigenvalue weighted by molar-refractivity contribution is -0.155. The molecule has 0 saturated heterocycles. The van der Waals surface area contributed by atoms with Crippen molar-refractivity contribution in [3.63, 3.8) is 0 Å². The lowest BCUT2D eigenvalue weighted by Gasteiger charge is -2.43. The molecule has 1 aliphatic rings. The number of aromatic nitrogens is 1. The first-order chi connectivity index (χ1) is 10.4. The molecule has 1 aromatic heterocycles. The second-order valence-corrected chi connectivity index (χ2v) is 6.99. The normalized spacial score (nSPS) is 28.6. The van der Waals surface area contributed by atoms with Crippen LogP contribution in [0.15, 0.2) is 24.4 Å². The lowest BCUT2D eigenvalue weighted by atomic mass is 9.66. The molecule has 2 N–H and O–H groups in total. The largest absolute Gasteiger partial charge is 0.380 e. The van der Waals surface area contributed by atoms with Gasteiger partial charge in [0.15, 0.2) is 0 Å². The predicted molar refractivity (Wildman–Crippen MR) is 87.2 cm³/mol. The number of pyridine rings is 1. The molecular formula is C18H28N2O2. The van der Waals surface area contributed by atoms with Crippen LogP contribution in [0.3, 0.4) is 0 Å². The van der Waals surface area contributed by atoms with Gasteiger partial charge in [-0.05, 0) is 42.7 Å². The average molecular weight is 304 g/mol. The topological polar surface area (TPSA) is 62.2 Å². The first-order valence-corrected chi connectivity index (χ1v) is 8.34. The van der Waals surface area contributed by atoms with Crippen molar-refractivity contribution in [3.8, 4) is 0 Å². The van der Waals surface area contributed by atoms with Gasteiger partial charge < -0.3 is 10.4 Å². The average Bonchev–Trinajstić information content (AvgIpc) is 2.47. The molecule has 1 heterocycles. The highest BCUT2D eigenvalue weighted by Crippen LogP contribution is 2.41. The molecule has 0 unspecified atom stereocenters. The second-order valence-electron chi connectivity index (χ2n) is 6.99. The Morgan fingerprint density at radius 2 is 2.23 bits per heavy atom. The smallest absolute Gasteiger partial charge is 0.252 e. The number of carbonyl (C=O) groups excluding carboxylic acids is 1. The van der Waals surface area contributed by atoms with Crippen molar-refractivity contribution in [2.45, 2.75) is 52.1 Å². The molecule has 0 radical (unpaired) electrons. The Kier molecular flexibility index (Phi) is 5.57. The van der Waals surface area contributed by atoms with Crippen molar-refractivity contribution in [1.82, 2.24) is 10.3 Å². The Morgan fingerprint density at radius 3 is 2.86 bits per heavy atom.